The zero-order chi connectivity index (χ0) is 7.84. The average Bonchev–Trinajstić information content (AvgIpc) is 2.30. The van der Waals surface area contributed by atoms with Crippen LogP contribution in [0, 0.1) is 0 Å². The van der Waals surface area contributed by atoms with Crippen LogP contribution in [0.3, 0.4) is 0 Å². The van der Waals surface area contributed by atoms with E-state index in [1.807, 2.05) is 0 Å². The highest BCUT2D eigenvalue weighted by Crippen LogP contribution is 2.21. The number of piperazine rings is 1. The van der Waals surface area contributed by atoms with Gasteiger partial charge in [-0.2, -0.15) is 0 Å². The molecule has 2 rings (SSSR count). The van der Waals surface area contributed by atoms with E-state index in [0.29, 0.717) is 0 Å². The molecule has 2 nitrogen and oxygen atoms in total. The average molecular weight is 154 g/mol. The zero-order valence-electron chi connectivity index (χ0n) is 7.51. The van der Waals surface area contributed by atoms with Gasteiger partial charge in [0, 0.05) is 31.2 Å². The van der Waals surface area contributed by atoms with Crippen molar-refractivity contribution in [3.63, 3.8) is 0 Å². The van der Waals surface area contributed by atoms with Gasteiger partial charge in [-0.1, -0.05) is 0 Å². The van der Waals surface area contributed by atoms with Crippen molar-refractivity contribution in [1.29, 1.82) is 0 Å². The number of fused-ring (bicyclic) bond motifs is 2. The number of nitrogens with zero attached hydrogens (tertiary/aromatic N) is 1. The second kappa shape index (κ2) is 2.76. The van der Waals surface area contributed by atoms with E-state index in [9.17, 15) is 0 Å². The normalized spacial score (nSPS) is 38.5. The monoisotopic (exact) mass is 154 g/mol. The number of likely N-dealkylation sites (tertiary alicyclic amines) is 1. The Balaban J connectivity index is 1.97. The largest absolute Gasteiger partial charge is 0.309 e. The minimum atomic E-state index is 0.736. The fraction of sp³-hybridized carbons (Fsp3) is 1.00. The molecule has 1 unspecified atom stereocenters. The highest BCUT2D eigenvalue weighted by atomic mass is 15.2. The molecule has 0 aromatic carbocycles. The molecule has 11 heavy (non-hydrogen) atoms. The van der Waals surface area contributed by atoms with E-state index < -0.39 is 0 Å². The van der Waals surface area contributed by atoms with Crippen LogP contribution in [0.1, 0.15) is 26.7 Å². The van der Waals surface area contributed by atoms with Crippen LogP contribution in [0.25, 0.3) is 0 Å². The predicted molar refractivity (Wildman–Crippen MR) is 46.7 cm³/mol. The van der Waals surface area contributed by atoms with Gasteiger partial charge in [0.25, 0.3) is 0 Å². The highest BCUT2D eigenvalue weighted by Gasteiger charge is 2.32. The quantitative estimate of drug-likeness (QED) is 0.602. The van der Waals surface area contributed by atoms with Crippen molar-refractivity contribution in [2.24, 2.45) is 0 Å². The molecule has 64 valence electrons. The van der Waals surface area contributed by atoms with Crippen LogP contribution in [0.15, 0.2) is 0 Å². The SMILES string of the molecule is CC(C)N1CC2CC[C@@H](C1)N2. The molecule has 1 N–H and O–H groups in total. The molecule has 0 aromatic rings. The number of hydrogen-bond acceptors (Lipinski definition) is 2. The van der Waals surface area contributed by atoms with E-state index in [1.165, 1.54) is 25.9 Å². The van der Waals surface area contributed by atoms with Gasteiger partial charge >= 0.3 is 0 Å². The minimum Gasteiger partial charge on any atom is -0.309 e. The van der Waals surface area contributed by atoms with E-state index in [-0.39, 0.29) is 0 Å². The summed E-state index contributed by atoms with van der Waals surface area (Å²) in [4.78, 5) is 2.60. The second-order valence-electron chi connectivity index (χ2n) is 4.19. The van der Waals surface area contributed by atoms with E-state index in [1.54, 1.807) is 0 Å². The molecular formula is C9H18N2. The summed E-state index contributed by atoms with van der Waals surface area (Å²) in [7, 11) is 0. The van der Waals surface area contributed by atoms with Gasteiger partial charge in [-0.05, 0) is 26.7 Å². The summed E-state index contributed by atoms with van der Waals surface area (Å²) >= 11 is 0. The third kappa shape index (κ3) is 1.42. The molecule has 2 atom stereocenters. The van der Waals surface area contributed by atoms with Gasteiger partial charge in [0.05, 0.1) is 0 Å². The maximum absolute atomic E-state index is 3.63. The topological polar surface area (TPSA) is 15.3 Å². The molecule has 0 radical (unpaired) electrons. The Bertz CT molecular complexity index is 132. The van der Waals surface area contributed by atoms with Gasteiger partial charge in [0.1, 0.15) is 0 Å². The van der Waals surface area contributed by atoms with Crippen LogP contribution >= 0.6 is 0 Å². The number of hydrogen-bond donors (Lipinski definition) is 1. The summed E-state index contributed by atoms with van der Waals surface area (Å²) in [6.45, 7) is 7.14. The third-order valence-electron chi connectivity index (χ3n) is 2.98. The molecule has 2 fully saturated rings. The summed E-state index contributed by atoms with van der Waals surface area (Å²) in [6.07, 6.45) is 2.79. The lowest BCUT2D eigenvalue weighted by molar-refractivity contribution is 0.158. The summed E-state index contributed by atoms with van der Waals surface area (Å²) in [5.74, 6) is 0. The fourth-order valence-corrected chi connectivity index (χ4v) is 2.25. The summed E-state index contributed by atoms with van der Waals surface area (Å²) in [5, 5.41) is 3.63. The van der Waals surface area contributed by atoms with E-state index in [4.69, 9.17) is 0 Å². The maximum Gasteiger partial charge on any atom is 0.0198 e. The first-order chi connectivity index (χ1) is 5.25. The lowest BCUT2D eigenvalue weighted by atomic mass is 10.2. The van der Waals surface area contributed by atoms with Gasteiger partial charge in [-0.3, -0.25) is 4.90 Å². The molecule has 2 aliphatic heterocycles. The molecule has 2 aliphatic rings. The summed E-state index contributed by atoms with van der Waals surface area (Å²) < 4.78 is 0. The van der Waals surface area contributed by atoms with Crippen LogP contribution < -0.4 is 5.32 Å². The third-order valence-corrected chi connectivity index (χ3v) is 2.98. The first kappa shape index (κ1) is 7.56. The molecule has 2 saturated heterocycles. The number of rotatable bonds is 1. The molecule has 0 aromatic heterocycles. The van der Waals surface area contributed by atoms with Gasteiger partial charge in [-0.15, -0.1) is 0 Å². The Hall–Kier alpha value is -0.0800. The van der Waals surface area contributed by atoms with E-state index in [0.717, 1.165) is 18.1 Å². The summed E-state index contributed by atoms with van der Waals surface area (Å²) in [5.41, 5.74) is 0. The van der Waals surface area contributed by atoms with Crippen molar-refractivity contribution >= 4 is 0 Å². The fourth-order valence-electron chi connectivity index (χ4n) is 2.25. The first-order valence-corrected chi connectivity index (χ1v) is 4.76. The maximum atomic E-state index is 3.63. The van der Waals surface area contributed by atoms with E-state index >= 15 is 0 Å². The predicted octanol–water partition coefficient (Wildman–Crippen LogP) is 0.831. The molecule has 0 spiro atoms. The lowest BCUT2D eigenvalue weighted by Gasteiger charge is -2.35. The Morgan fingerprint density at radius 3 is 2.18 bits per heavy atom. The molecule has 2 heteroatoms. The standard InChI is InChI=1S/C9H18N2/c1-7(2)11-5-8-3-4-9(6-11)10-8/h7-10H,3-6H2,1-2H3/t8-,9?/m0/s1. The van der Waals surface area contributed by atoms with Crippen molar-refractivity contribution in [1.82, 2.24) is 10.2 Å². The van der Waals surface area contributed by atoms with Gasteiger partial charge in [0.15, 0.2) is 0 Å². The smallest absolute Gasteiger partial charge is 0.0198 e. The highest BCUT2D eigenvalue weighted by molar-refractivity contribution is 4.93. The van der Waals surface area contributed by atoms with Gasteiger partial charge in [-0.25, -0.2) is 0 Å². The van der Waals surface area contributed by atoms with Crippen molar-refractivity contribution in [2.75, 3.05) is 13.1 Å². The molecule has 0 saturated carbocycles. The van der Waals surface area contributed by atoms with Crippen LogP contribution in [0.4, 0.5) is 0 Å². The minimum absolute atomic E-state index is 0.736. The second-order valence-corrected chi connectivity index (χ2v) is 4.19. The van der Waals surface area contributed by atoms with Crippen molar-refractivity contribution in [3.8, 4) is 0 Å². The van der Waals surface area contributed by atoms with Crippen LogP contribution in [0.2, 0.25) is 0 Å². The molecule has 0 aliphatic carbocycles. The van der Waals surface area contributed by atoms with Gasteiger partial charge < -0.3 is 5.32 Å². The Kier molecular flexibility index (Phi) is 1.90. The van der Waals surface area contributed by atoms with E-state index in [2.05, 4.69) is 24.1 Å². The van der Waals surface area contributed by atoms with Gasteiger partial charge in [0.2, 0.25) is 0 Å². The lowest BCUT2D eigenvalue weighted by Crippen LogP contribution is -2.53. The van der Waals surface area contributed by atoms with Crippen molar-refractivity contribution in [3.05, 3.63) is 0 Å². The zero-order valence-corrected chi connectivity index (χ0v) is 7.51. The molecule has 2 bridgehead atoms. The first-order valence-electron chi connectivity index (χ1n) is 4.76. The van der Waals surface area contributed by atoms with Crippen molar-refractivity contribution in [2.45, 2.75) is 44.8 Å². The molecule has 0 amide bonds. The summed E-state index contributed by atoms with van der Waals surface area (Å²) in [6, 6.07) is 2.34. The number of nitrogens with one attached hydrogen (secondary N) is 1. The Labute approximate surface area is 69.0 Å². The van der Waals surface area contributed by atoms with Crippen molar-refractivity contribution < 1.29 is 0 Å². The Morgan fingerprint density at radius 1 is 1.18 bits per heavy atom. The Morgan fingerprint density at radius 2 is 1.73 bits per heavy atom. The van der Waals surface area contributed by atoms with Crippen LogP contribution in [-0.2, 0) is 0 Å². The van der Waals surface area contributed by atoms with Crippen LogP contribution in [0.5, 0.6) is 0 Å². The molecular weight excluding hydrogens is 136 g/mol. The molecule has 2 heterocycles. The van der Waals surface area contributed by atoms with Crippen LogP contribution in [-0.4, -0.2) is 36.1 Å².